The molecular formula is C15H11FN2O. The van der Waals surface area contributed by atoms with Gasteiger partial charge in [0.25, 0.3) is 0 Å². The molecule has 94 valence electrons. The van der Waals surface area contributed by atoms with Gasteiger partial charge in [0.1, 0.15) is 11.5 Å². The molecule has 0 saturated heterocycles. The van der Waals surface area contributed by atoms with Crippen molar-refractivity contribution in [3.8, 4) is 17.1 Å². The first-order valence-corrected chi connectivity index (χ1v) is 5.84. The fourth-order valence-corrected chi connectivity index (χ4v) is 2.01. The van der Waals surface area contributed by atoms with Crippen LogP contribution in [0.2, 0.25) is 0 Å². The molecule has 3 rings (SSSR count). The van der Waals surface area contributed by atoms with E-state index in [1.807, 2.05) is 30.3 Å². The number of hydrogen-bond donors (Lipinski definition) is 0. The van der Waals surface area contributed by atoms with Crippen LogP contribution in [-0.2, 0) is 0 Å². The molecule has 1 aromatic carbocycles. The number of ether oxygens (including phenoxy) is 1. The number of benzene rings is 1. The van der Waals surface area contributed by atoms with E-state index in [1.54, 1.807) is 12.3 Å². The Morgan fingerprint density at radius 2 is 1.95 bits per heavy atom. The van der Waals surface area contributed by atoms with Gasteiger partial charge in [0.2, 0.25) is 5.88 Å². The van der Waals surface area contributed by atoms with Crippen LogP contribution in [0.25, 0.3) is 22.2 Å². The SMILES string of the molecule is COc1nc2ccccc2cc1-c1ncccc1F. The van der Waals surface area contributed by atoms with Crippen molar-refractivity contribution in [2.45, 2.75) is 0 Å². The maximum absolute atomic E-state index is 13.8. The Labute approximate surface area is 109 Å². The van der Waals surface area contributed by atoms with Crippen LogP contribution in [0.3, 0.4) is 0 Å². The Bertz CT molecular complexity index is 743. The van der Waals surface area contributed by atoms with E-state index in [1.165, 1.54) is 13.2 Å². The predicted octanol–water partition coefficient (Wildman–Crippen LogP) is 3.44. The summed E-state index contributed by atoms with van der Waals surface area (Å²) in [6.45, 7) is 0. The topological polar surface area (TPSA) is 35.0 Å². The zero-order valence-corrected chi connectivity index (χ0v) is 10.3. The van der Waals surface area contributed by atoms with Crippen molar-refractivity contribution >= 4 is 10.9 Å². The number of methoxy groups -OCH3 is 1. The first-order valence-electron chi connectivity index (χ1n) is 5.84. The molecule has 0 bridgehead atoms. The van der Waals surface area contributed by atoms with Gasteiger partial charge in [-0.1, -0.05) is 18.2 Å². The van der Waals surface area contributed by atoms with Crippen molar-refractivity contribution in [3.05, 3.63) is 54.5 Å². The highest BCUT2D eigenvalue weighted by Gasteiger charge is 2.14. The van der Waals surface area contributed by atoms with E-state index in [9.17, 15) is 4.39 Å². The molecule has 0 atom stereocenters. The van der Waals surface area contributed by atoms with Gasteiger partial charge in [0, 0.05) is 11.6 Å². The summed E-state index contributed by atoms with van der Waals surface area (Å²) in [6.07, 6.45) is 1.55. The summed E-state index contributed by atoms with van der Waals surface area (Å²) in [5.41, 5.74) is 1.61. The second kappa shape index (κ2) is 4.65. The average Bonchev–Trinajstić information content (AvgIpc) is 2.46. The molecule has 2 aromatic heterocycles. The smallest absolute Gasteiger partial charge is 0.223 e. The summed E-state index contributed by atoms with van der Waals surface area (Å²) < 4.78 is 19.1. The van der Waals surface area contributed by atoms with Gasteiger partial charge >= 0.3 is 0 Å². The Kier molecular flexibility index (Phi) is 2.83. The lowest BCUT2D eigenvalue weighted by molar-refractivity contribution is 0.401. The number of fused-ring (bicyclic) bond motifs is 1. The second-order valence-corrected chi connectivity index (χ2v) is 4.07. The molecule has 0 aliphatic carbocycles. The summed E-state index contributed by atoms with van der Waals surface area (Å²) in [5, 5.41) is 0.920. The molecule has 19 heavy (non-hydrogen) atoms. The van der Waals surface area contributed by atoms with Gasteiger partial charge < -0.3 is 4.74 Å². The lowest BCUT2D eigenvalue weighted by Gasteiger charge is -2.09. The van der Waals surface area contributed by atoms with Gasteiger partial charge in [-0.15, -0.1) is 0 Å². The molecule has 0 aliphatic rings. The minimum atomic E-state index is -0.391. The number of rotatable bonds is 2. The molecule has 0 saturated carbocycles. The standard InChI is InChI=1S/C15H11FN2O/c1-19-15-11(14-12(16)6-4-8-17-14)9-10-5-2-3-7-13(10)18-15/h2-9H,1H3. The van der Waals surface area contributed by atoms with Gasteiger partial charge in [-0.25, -0.2) is 9.37 Å². The monoisotopic (exact) mass is 254 g/mol. The van der Waals surface area contributed by atoms with Crippen molar-refractivity contribution in [2.75, 3.05) is 7.11 Å². The van der Waals surface area contributed by atoms with E-state index in [0.717, 1.165) is 10.9 Å². The molecule has 0 amide bonds. The number of hydrogen-bond acceptors (Lipinski definition) is 3. The summed E-state index contributed by atoms with van der Waals surface area (Å²) in [6, 6.07) is 12.4. The molecule has 0 aliphatic heterocycles. The van der Waals surface area contributed by atoms with Crippen molar-refractivity contribution in [1.29, 1.82) is 0 Å². The van der Waals surface area contributed by atoms with Crippen molar-refractivity contribution in [3.63, 3.8) is 0 Å². The summed E-state index contributed by atoms with van der Waals surface area (Å²) in [5.74, 6) is -0.0193. The third-order valence-electron chi connectivity index (χ3n) is 2.90. The van der Waals surface area contributed by atoms with Crippen molar-refractivity contribution in [2.24, 2.45) is 0 Å². The van der Waals surface area contributed by atoms with Gasteiger partial charge in [-0.05, 0) is 24.3 Å². The number of para-hydroxylation sites is 1. The van der Waals surface area contributed by atoms with Gasteiger partial charge in [0.15, 0.2) is 0 Å². The number of aromatic nitrogens is 2. The van der Waals surface area contributed by atoms with E-state index in [0.29, 0.717) is 11.4 Å². The van der Waals surface area contributed by atoms with E-state index in [-0.39, 0.29) is 5.69 Å². The largest absolute Gasteiger partial charge is 0.480 e. The minimum Gasteiger partial charge on any atom is -0.480 e. The van der Waals surface area contributed by atoms with Crippen LogP contribution in [-0.4, -0.2) is 17.1 Å². The minimum absolute atomic E-state index is 0.248. The second-order valence-electron chi connectivity index (χ2n) is 4.07. The van der Waals surface area contributed by atoms with Gasteiger partial charge in [-0.2, -0.15) is 0 Å². The summed E-state index contributed by atoms with van der Waals surface area (Å²) in [7, 11) is 1.52. The predicted molar refractivity (Wildman–Crippen MR) is 71.5 cm³/mol. The van der Waals surface area contributed by atoms with E-state index in [4.69, 9.17) is 4.74 Å². The summed E-state index contributed by atoms with van der Waals surface area (Å²) >= 11 is 0. The average molecular weight is 254 g/mol. The zero-order valence-electron chi connectivity index (χ0n) is 10.3. The van der Waals surface area contributed by atoms with Gasteiger partial charge in [-0.3, -0.25) is 4.98 Å². The Morgan fingerprint density at radius 3 is 2.74 bits per heavy atom. The van der Waals surface area contributed by atoms with Crippen molar-refractivity contribution in [1.82, 2.24) is 9.97 Å². The maximum atomic E-state index is 13.8. The van der Waals surface area contributed by atoms with Crippen molar-refractivity contribution < 1.29 is 9.13 Å². The summed E-state index contributed by atoms with van der Waals surface area (Å²) in [4.78, 5) is 8.45. The lowest BCUT2D eigenvalue weighted by atomic mass is 10.1. The van der Waals surface area contributed by atoms with Crippen LogP contribution in [0.4, 0.5) is 4.39 Å². The Morgan fingerprint density at radius 1 is 1.11 bits per heavy atom. The van der Waals surface area contributed by atoms with Crippen LogP contribution in [0.5, 0.6) is 5.88 Å². The molecule has 3 aromatic rings. The third kappa shape index (κ3) is 2.01. The molecule has 0 N–H and O–H groups in total. The first kappa shape index (κ1) is 11.6. The van der Waals surface area contributed by atoms with E-state index in [2.05, 4.69) is 9.97 Å². The van der Waals surface area contributed by atoms with Crippen LogP contribution >= 0.6 is 0 Å². The molecule has 2 heterocycles. The highest BCUT2D eigenvalue weighted by Crippen LogP contribution is 2.31. The molecule has 0 spiro atoms. The number of nitrogens with zero attached hydrogens (tertiary/aromatic N) is 2. The Balaban J connectivity index is 2.31. The molecule has 0 radical (unpaired) electrons. The van der Waals surface area contributed by atoms with Crippen LogP contribution in [0, 0.1) is 5.82 Å². The van der Waals surface area contributed by atoms with E-state index >= 15 is 0 Å². The maximum Gasteiger partial charge on any atom is 0.223 e. The van der Waals surface area contributed by atoms with Crippen LogP contribution in [0.1, 0.15) is 0 Å². The van der Waals surface area contributed by atoms with Gasteiger partial charge in [0.05, 0.1) is 18.2 Å². The molecule has 0 fully saturated rings. The molecule has 0 unspecified atom stereocenters. The fourth-order valence-electron chi connectivity index (χ4n) is 2.01. The number of halogens is 1. The van der Waals surface area contributed by atoms with Crippen LogP contribution < -0.4 is 4.74 Å². The lowest BCUT2D eigenvalue weighted by Crippen LogP contribution is -1.96. The normalized spacial score (nSPS) is 10.6. The van der Waals surface area contributed by atoms with E-state index < -0.39 is 5.82 Å². The fraction of sp³-hybridized carbons (Fsp3) is 0.0667. The molecular weight excluding hydrogens is 243 g/mol. The zero-order chi connectivity index (χ0) is 13.2. The highest BCUT2D eigenvalue weighted by atomic mass is 19.1. The highest BCUT2D eigenvalue weighted by molar-refractivity contribution is 5.85. The molecule has 4 heteroatoms. The van der Waals surface area contributed by atoms with Crippen LogP contribution in [0.15, 0.2) is 48.7 Å². The molecule has 3 nitrogen and oxygen atoms in total. The first-order chi connectivity index (χ1) is 9.29. The Hall–Kier alpha value is -2.49. The quantitative estimate of drug-likeness (QED) is 0.702. The number of pyridine rings is 2. The third-order valence-corrected chi connectivity index (χ3v) is 2.90.